The van der Waals surface area contributed by atoms with E-state index in [1.807, 2.05) is 0 Å². The zero-order valence-corrected chi connectivity index (χ0v) is 20.7. The zero-order valence-electron chi connectivity index (χ0n) is 19.2. The number of hydrogen-bond donors (Lipinski definition) is 0. The monoisotopic (exact) mass is 554 g/mol. The molecule has 0 spiro atoms. The molecule has 190 valence electrons. The number of rotatable bonds is 4. The molecule has 5 aromatic rings. The Kier molecular flexibility index (Phi) is 6.73. The molecule has 0 saturated heterocycles. The van der Waals surface area contributed by atoms with E-state index < -0.39 is 28.9 Å². The first-order valence-electron chi connectivity index (χ1n) is 11.1. The number of esters is 1. The molecule has 0 N–H and O–H groups in total. The van der Waals surface area contributed by atoms with Gasteiger partial charge in [0.2, 0.25) is 11.2 Å². The van der Waals surface area contributed by atoms with Crippen LogP contribution in [0.2, 0.25) is 10.0 Å². The van der Waals surface area contributed by atoms with E-state index in [-0.39, 0.29) is 22.3 Å². The van der Waals surface area contributed by atoms with Crippen LogP contribution in [0.1, 0.15) is 11.3 Å². The number of alkyl halides is 3. The van der Waals surface area contributed by atoms with E-state index in [0.29, 0.717) is 26.4 Å². The third-order valence-corrected chi connectivity index (χ3v) is 6.49. The highest BCUT2D eigenvalue weighted by molar-refractivity contribution is 6.42. The van der Waals surface area contributed by atoms with Gasteiger partial charge in [0.05, 0.1) is 21.0 Å². The maximum atomic E-state index is 14.1. The van der Waals surface area contributed by atoms with Gasteiger partial charge in [0.1, 0.15) is 11.3 Å². The van der Waals surface area contributed by atoms with Gasteiger partial charge in [-0.15, -0.1) is 0 Å². The van der Waals surface area contributed by atoms with Crippen LogP contribution in [0.25, 0.3) is 38.9 Å². The topological polar surface area (TPSA) is 56.5 Å². The molecule has 38 heavy (non-hydrogen) atoms. The highest BCUT2D eigenvalue weighted by Crippen LogP contribution is 2.39. The molecule has 9 heteroatoms. The maximum absolute atomic E-state index is 14.1. The van der Waals surface area contributed by atoms with E-state index in [1.54, 1.807) is 54.6 Å². The summed E-state index contributed by atoms with van der Waals surface area (Å²) < 4.78 is 52.8. The van der Waals surface area contributed by atoms with Gasteiger partial charge in [0.15, 0.2) is 0 Å². The summed E-state index contributed by atoms with van der Waals surface area (Å²) in [6, 6.07) is 20.0. The van der Waals surface area contributed by atoms with Crippen LogP contribution >= 0.6 is 23.2 Å². The van der Waals surface area contributed by atoms with Crippen molar-refractivity contribution in [2.24, 2.45) is 0 Å². The minimum atomic E-state index is -4.96. The summed E-state index contributed by atoms with van der Waals surface area (Å²) in [4.78, 5) is 25.7. The lowest BCUT2D eigenvalue weighted by atomic mass is 9.96. The number of hydrogen-bond acceptors (Lipinski definition) is 4. The number of ether oxygens (including phenoxy) is 1. The first-order valence-corrected chi connectivity index (χ1v) is 11.9. The fourth-order valence-corrected chi connectivity index (χ4v) is 4.36. The number of fused-ring (bicyclic) bond motifs is 2. The van der Waals surface area contributed by atoms with Crippen molar-refractivity contribution < 1.29 is 27.1 Å². The summed E-state index contributed by atoms with van der Waals surface area (Å²) in [5.74, 6) is -2.34. The van der Waals surface area contributed by atoms with Gasteiger partial charge in [-0.1, -0.05) is 71.7 Å². The van der Waals surface area contributed by atoms with Crippen LogP contribution in [0.5, 0.6) is 5.75 Å². The summed E-state index contributed by atoms with van der Waals surface area (Å²) in [6.07, 6.45) is -2.41. The number of carbonyl (C=O) groups excluding carboxylic acids is 1. The summed E-state index contributed by atoms with van der Waals surface area (Å²) in [7, 11) is 0. The van der Waals surface area contributed by atoms with Gasteiger partial charge in [0.25, 0.3) is 0 Å². The smallest absolute Gasteiger partial charge is 0.450 e. The van der Waals surface area contributed by atoms with Crippen molar-refractivity contribution in [3.63, 3.8) is 0 Å². The Morgan fingerprint density at radius 3 is 2.39 bits per heavy atom. The molecule has 0 aliphatic rings. The second-order valence-corrected chi connectivity index (χ2v) is 9.06. The predicted molar refractivity (Wildman–Crippen MR) is 142 cm³/mol. The summed E-state index contributed by atoms with van der Waals surface area (Å²) in [6.45, 7) is 0. The quantitative estimate of drug-likeness (QED) is 0.127. The van der Waals surface area contributed by atoms with Gasteiger partial charge in [-0.05, 0) is 52.2 Å². The maximum Gasteiger partial charge on any atom is 0.450 e. The molecular formula is C29H15Cl2F3O4. The molecule has 0 bridgehead atoms. The fourth-order valence-electron chi connectivity index (χ4n) is 4.06. The van der Waals surface area contributed by atoms with Gasteiger partial charge in [-0.3, -0.25) is 4.79 Å². The molecule has 0 atom stereocenters. The Morgan fingerprint density at radius 1 is 0.868 bits per heavy atom. The average molecular weight is 555 g/mol. The van der Waals surface area contributed by atoms with Crippen molar-refractivity contribution in [1.82, 2.24) is 0 Å². The van der Waals surface area contributed by atoms with E-state index in [4.69, 9.17) is 32.4 Å². The first kappa shape index (κ1) is 25.6. The van der Waals surface area contributed by atoms with Crippen LogP contribution in [0.3, 0.4) is 0 Å². The van der Waals surface area contributed by atoms with Crippen molar-refractivity contribution in [1.29, 1.82) is 0 Å². The summed E-state index contributed by atoms with van der Waals surface area (Å²) >= 11 is 11.8. The predicted octanol–water partition coefficient (Wildman–Crippen LogP) is 8.56. The van der Waals surface area contributed by atoms with Gasteiger partial charge < -0.3 is 9.15 Å². The van der Waals surface area contributed by atoms with Crippen molar-refractivity contribution in [2.45, 2.75) is 6.18 Å². The molecule has 0 aliphatic heterocycles. The average Bonchev–Trinajstić information content (AvgIpc) is 2.88. The Balaban J connectivity index is 1.55. The largest absolute Gasteiger partial charge is 0.450 e. The molecule has 0 fully saturated rings. The van der Waals surface area contributed by atoms with Crippen molar-refractivity contribution in [3.8, 4) is 16.9 Å². The van der Waals surface area contributed by atoms with E-state index >= 15 is 0 Å². The molecule has 0 amide bonds. The highest BCUT2D eigenvalue weighted by Gasteiger charge is 2.39. The molecule has 0 unspecified atom stereocenters. The standard InChI is InChI=1S/C29H15Cl2F3O4/c30-22-12-8-16(14-23(22)31)9-13-25(35)37-18-10-11-21-24(15-18)38-28(29(32,33)34)26(27(21)36)20-7-3-5-17-4-1-2-6-19(17)20/h1-15H/b13-9+. The third kappa shape index (κ3) is 5.03. The summed E-state index contributed by atoms with van der Waals surface area (Å²) in [5, 5.41) is 1.72. The van der Waals surface area contributed by atoms with Crippen LogP contribution in [-0.2, 0) is 11.0 Å². The molecule has 1 heterocycles. The van der Waals surface area contributed by atoms with Crippen LogP contribution in [0, 0.1) is 0 Å². The van der Waals surface area contributed by atoms with Crippen LogP contribution in [0.4, 0.5) is 13.2 Å². The Bertz CT molecular complexity index is 1800. The second-order valence-electron chi connectivity index (χ2n) is 8.25. The van der Waals surface area contributed by atoms with Gasteiger partial charge >= 0.3 is 12.1 Å². The lowest BCUT2D eigenvalue weighted by Crippen LogP contribution is -2.16. The molecule has 1 aromatic heterocycles. The van der Waals surface area contributed by atoms with Crippen LogP contribution in [0.15, 0.2) is 94.2 Å². The lowest BCUT2D eigenvalue weighted by Gasteiger charge is -2.14. The minimum Gasteiger partial charge on any atom is -0.450 e. The van der Waals surface area contributed by atoms with E-state index in [9.17, 15) is 22.8 Å². The molecular weight excluding hydrogens is 540 g/mol. The number of benzene rings is 4. The van der Waals surface area contributed by atoms with E-state index in [2.05, 4.69) is 0 Å². The molecule has 0 saturated carbocycles. The van der Waals surface area contributed by atoms with Crippen molar-refractivity contribution >= 4 is 57.0 Å². The van der Waals surface area contributed by atoms with Gasteiger partial charge in [-0.2, -0.15) is 13.2 Å². The van der Waals surface area contributed by atoms with E-state index in [0.717, 1.165) is 12.1 Å². The van der Waals surface area contributed by atoms with Gasteiger partial charge in [0, 0.05) is 12.1 Å². The Morgan fingerprint density at radius 2 is 1.63 bits per heavy atom. The third-order valence-electron chi connectivity index (χ3n) is 5.75. The SMILES string of the molecule is O=C(/C=C/c1ccc(Cl)c(Cl)c1)Oc1ccc2c(=O)c(-c3cccc4ccccc34)c(C(F)(F)F)oc2c1. The lowest BCUT2D eigenvalue weighted by molar-refractivity contribution is -0.152. The van der Waals surface area contributed by atoms with Gasteiger partial charge in [-0.25, -0.2) is 4.79 Å². The van der Waals surface area contributed by atoms with Crippen molar-refractivity contribution in [3.05, 3.63) is 117 Å². The molecule has 0 aliphatic carbocycles. The molecule has 4 aromatic carbocycles. The first-order chi connectivity index (χ1) is 18.1. The fraction of sp³-hybridized carbons (Fsp3) is 0.0345. The Hall–Kier alpha value is -4.07. The summed E-state index contributed by atoms with van der Waals surface area (Å²) in [5.41, 5.74) is -1.13. The molecule has 5 rings (SSSR count). The number of carbonyl (C=O) groups is 1. The highest BCUT2D eigenvalue weighted by atomic mass is 35.5. The van der Waals surface area contributed by atoms with Crippen molar-refractivity contribution in [2.75, 3.05) is 0 Å². The normalized spacial score (nSPS) is 11.9. The second kappa shape index (κ2) is 10.0. The Labute approximate surface area is 223 Å². The van der Waals surface area contributed by atoms with E-state index in [1.165, 1.54) is 24.3 Å². The van der Waals surface area contributed by atoms with Crippen LogP contribution < -0.4 is 10.2 Å². The minimum absolute atomic E-state index is 0.0907. The van der Waals surface area contributed by atoms with Crippen LogP contribution in [-0.4, -0.2) is 5.97 Å². The zero-order chi connectivity index (χ0) is 27.0. The molecule has 4 nitrogen and oxygen atoms in total. The molecule has 0 radical (unpaired) electrons. The number of halogens is 5.